The molecule has 0 fully saturated rings. The van der Waals surface area contributed by atoms with E-state index in [4.69, 9.17) is 0 Å². The number of thioether (sulfide) groups is 1. The van der Waals surface area contributed by atoms with Crippen molar-refractivity contribution in [3.05, 3.63) is 94.6 Å². The molecule has 0 spiro atoms. The Bertz CT molecular complexity index is 1340. The van der Waals surface area contributed by atoms with Crippen LogP contribution < -0.4 is 5.32 Å². The maximum atomic E-state index is 12.5. The van der Waals surface area contributed by atoms with E-state index in [-0.39, 0.29) is 11.7 Å². The average molecular weight is 474 g/mol. The lowest BCUT2D eigenvalue weighted by atomic mass is 10.1. The zero-order chi connectivity index (χ0) is 22.5. The second kappa shape index (κ2) is 10.1. The van der Waals surface area contributed by atoms with Crippen molar-refractivity contribution in [1.29, 1.82) is 0 Å². The van der Waals surface area contributed by atoms with Gasteiger partial charge in [0.25, 0.3) is 0 Å². The number of para-hydroxylation sites is 2. The predicted octanol–water partition coefficient (Wildman–Crippen LogP) is 4.85. The van der Waals surface area contributed by atoms with Crippen LogP contribution in [0.2, 0.25) is 0 Å². The maximum Gasteiger partial charge on any atom is 0.230 e. The van der Waals surface area contributed by atoms with Gasteiger partial charge in [0.05, 0.1) is 5.75 Å². The second-order valence-corrected chi connectivity index (χ2v) is 9.55. The molecule has 3 heterocycles. The van der Waals surface area contributed by atoms with Crippen LogP contribution in [0.5, 0.6) is 0 Å². The van der Waals surface area contributed by atoms with E-state index < -0.39 is 0 Å². The number of amides is 1. The summed E-state index contributed by atoms with van der Waals surface area (Å²) in [6.07, 6.45) is 3.51. The lowest BCUT2D eigenvalue weighted by Crippen LogP contribution is -2.27. The van der Waals surface area contributed by atoms with Gasteiger partial charge in [-0.25, -0.2) is 0 Å². The number of nitrogens with one attached hydrogen (secondary N) is 2. The smallest absolute Gasteiger partial charge is 0.230 e. The maximum absolute atomic E-state index is 12.5. The first-order valence-electron chi connectivity index (χ1n) is 10.7. The van der Waals surface area contributed by atoms with E-state index in [9.17, 15) is 4.79 Å². The highest BCUT2D eigenvalue weighted by atomic mass is 32.2. The molecule has 5 rings (SSSR count). The van der Waals surface area contributed by atoms with Crippen molar-refractivity contribution >= 4 is 39.9 Å². The van der Waals surface area contributed by atoms with Crippen LogP contribution in [0.3, 0.4) is 0 Å². The predicted molar refractivity (Wildman–Crippen MR) is 134 cm³/mol. The minimum atomic E-state index is -0.0118. The molecular weight excluding hydrogens is 450 g/mol. The number of fused-ring (bicyclic) bond motifs is 1. The van der Waals surface area contributed by atoms with Gasteiger partial charge in [-0.1, -0.05) is 54.2 Å². The highest BCUT2D eigenvalue weighted by Gasteiger charge is 2.16. The molecule has 8 heteroatoms. The van der Waals surface area contributed by atoms with Gasteiger partial charge in [0, 0.05) is 40.6 Å². The molecule has 2 N–H and O–H groups in total. The van der Waals surface area contributed by atoms with E-state index in [1.165, 1.54) is 27.6 Å². The molecule has 0 bridgehead atoms. The number of thiophene rings is 1. The molecule has 166 valence electrons. The molecule has 0 saturated carbocycles. The molecule has 0 saturated heterocycles. The number of aromatic nitrogens is 4. The van der Waals surface area contributed by atoms with Gasteiger partial charge in [-0.3, -0.25) is 9.36 Å². The molecule has 6 nitrogen and oxygen atoms in total. The Morgan fingerprint density at radius 1 is 1.03 bits per heavy atom. The number of carbonyl (C=O) groups excluding carboxylic acids is 1. The van der Waals surface area contributed by atoms with Crippen LogP contribution >= 0.6 is 23.1 Å². The molecule has 0 aliphatic rings. The minimum absolute atomic E-state index is 0.0118. The van der Waals surface area contributed by atoms with Crippen molar-refractivity contribution in [2.45, 2.75) is 18.0 Å². The quantitative estimate of drug-likeness (QED) is 0.300. The van der Waals surface area contributed by atoms with Crippen molar-refractivity contribution < 1.29 is 4.79 Å². The van der Waals surface area contributed by atoms with Crippen LogP contribution in [0.1, 0.15) is 16.3 Å². The largest absolute Gasteiger partial charge is 0.361 e. The molecule has 1 amide bonds. The van der Waals surface area contributed by atoms with Gasteiger partial charge >= 0.3 is 0 Å². The number of hydrogen-bond donors (Lipinski definition) is 2. The zero-order valence-corrected chi connectivity index (χ0v) is 19.5. The van der Waals surface area contributed by atoms with E-state index in [2.05, 4.69) is 44.1 Å². The van der Waals surface area contributed by atoms with E-state index in [1.807, 2.05) is 59.3 Å². The molecule has 0 aliphatic heterocycles. The third-order valence-corrected chi connectivity index (χ3v) is 7.16. The molecule has 0 unspecified atom stereocenters. The molecular formula is C25H23N5OS2. The van der Waals surface area contributed by atoms with E-state index >= 15 is 0 Å². The number of benzene rings is 2. The standard InChI is InChI=1S/C25H23N5OS2/c31-24(26-13-12-18-16-27-22-11-5-4-10-21(18)22)17-33-25-29-28-23(15-20-9-6-14-32-20)30(25)19-7-2-1-3-8-19/h1-11,14,16,27H,12-13,15,17H2,(H,26,31). The van der Waals surface area contributed by atoms with Gasteiger partial charge in [-0.15, -0.1) is 21.5 Å². The fraction of sp³-hybridized carbons (Fsp3) is 0.160. The minimum Gasteiger partial charge on any atom is -0.361 e. The summed E-state index contributed by atoms with van der Waals surface area (Å²) in [6.45, 7) is 0.593. The first-order valence-corrected chi connectivity index (χ1v) is 12.6. The van der Waals surface area contributed by atoms with Crippen molar-refractivity contribution in [1.82, 2.24) is 25.1 Å². The molecule has 0 aliphatic carbocycles. The highest BCUT2D eigenvalue weighted by molar-refractivity contribution is 7.99. The van der Waals surface area contributed by atoms with Crippen molar-refractivity contribution in [2.24, 2.45) is 0 Å². The Balaban J connectivity index is 1.22. The number of H-pyrrole nitrogens is 1. The lowest BCUT2D eigenvalue weighted by molar-refractivity contribution is -0.118. The Morgan fingerprint density at radius 3 is 2.73 bits per heavy atom. The molecule has 2 aromatic carbocycles. The number of nitrogens with zero attached hydrogens (tertiary/aromatic N) is 3. The number of rotatable bonds is 9. The van der Waals surface area contributed by atoms with Crippen LogP contribution in [0.25, 0.3) is 16.6 Å². The molecule has 33 heavy (non-hydrogen) atoms. The van der Waals surface area contributed by atoms with Gasteiger partial charge < -0.3 is 10.3 Å². The summed E-state index contributed by atoms with van der Waals surface area (Å²) in [5.41, 5.74) is 3.32. The van der Waals surface area contributed by atoms with Crippen molar-refractivity contribution in [2.75, 3.05) is 12.3 Å². The Morgan fingerprint density at radius 2 is 1.88 bits per heavy atom. The summed E-state index contributed by atoms with van der Waals surface area (Å²) < 4.78 is 2.05. The van der Waals surface area contributed by atoms with Crippen LogP contribution in [-0.2, 0) is 17.6 Å². The molecule has 3 aromatic heterocycles. The van der Waals surface area contributed by atoms with Gasteiger partial charge in [0.15, 0.2) is 5.16 Å². The summed E-state index contributed by atoms with van der Waals surface area (Å²) in [6, 6.07) is 22.4. The monoisotopic (exact) mass is 473 g/mol. The number of hydrogen-bond acceptors (Lipinski definition) is 5. The normalized spacial score (nSPS) is 11.2. The third kappa shape index (κ3) is 5.02. The van der Waals surface area contributed by atoms with Crippen LogP contribution in [0.4, 0.5) is 0 Å². The van der Waals surface area contributed by atoms with E-state index in [0.717, 1.165) is 28.6 Å². The average Bonchev–Trinajstić information content (AvgIpc) is 3.59. The number of aromatic amines is 1. The van der Waals surface area contributed by atoms with Gasteiger partial charge in [-0.2, -0.15) is 0 Å². The van der Waals surface area contributed by atoms with Crippen LogP contribution in [-0.4, -0.2) is 38.0 Å². The van der Waals surface area contributed by atoms with Crippen molar-refractivity contribution in [3.8, 4) is 5.69 Å². The highest BCUT2D eigenvalue weighted by Crippen LogP contribution is 2.24. The second-order valence-electron chi connectivity index (χ2n) is 7.57. The molecule has 0 radical (unpaired) electrons. The Labute approximate surface area is 200 Å². The first-order chi connectivity index (χ1) is 16.3. The van der Waals surface area contributed by atoms with Gasteiger partial charge in [0.1, 0.15) is 5.82 Å². The van der Waals surface area contributed by atoms with E-state index in [0.29, 0.717) is 13.0 Å². The summed E-state index contributed by atoms with van der Waals surface area (Å²) in [7, 11) is 0. The lowest BCUT2D eigenvalue weighted by Gasteiger charge is -2.10. The number of carbonyl (C=O) groups is 1. The molecule has 5 aromatic rings. The fourth-order valence-electron chi connectivity index (χ4n) is 3.77. The first kappa shape index (κ1) is 21.5. The topological polar surface area (TPSA) is 75.6 Å². The van der Waals surface area contributed by atoms with E-state index in [1.54, 1.807) is 11.3 Å². The molecule has 0 atom stereocenters. The van der Waals surface area contributed by atoms with Crippen LogP contribution in [0.15, 0.2) is 83.5 Å². The van der Waals surface area contributed by atoms with Gasteiger partial charge in [0.2, 0.25) is 5.91 Å². The van der Waals surface area contributed by atoms with Crippen LogP contribution in [0, 0.1) is 0 Å². The van der Waals surface area contributed by atoms with Crippen molar-refractivity contribution in [3.63, 3.8) is 0 Å². The summed E-state index contributed by atoms with van der Waals surface area (Å²) in [5.74, 6) is 1.14. The summed E-state index contributed by atoms with van der Waals surface area (Å²) >= 11 is 3.11. The Kier molecular flexibility index (Phi) is 6.55. The van der Waals surface area contributed by atoms with Gasteiger partial charge in [-0.05, 0) is 41.6 Å². The zero-order valence-electron chi connectivity index (χ0n) is 17.9. The SMILES string of the molecule is O=C(CSc1nnc(Cc2cccs2)n1-c1ccccc1)NCCc1c[nH]c2ccccc12. The Hall–Kier alpha value is -3.36. The summed E-state index contributed by atoms with van der Waals surface area (Å²) in [5, 5.41) is 15.8. The fourth-order valence-corrected chi connectivity index (χ4v) is 5.27. The summed E-state index contributed by atoms with van der Waals surface area (Å²) in [4.78, 5) is 17.0. The third-order valence-electron chi connectivity index (χ3n) is 5.35.